The van der Waals surface area contributed by atoms with Gasteiger partial charge in [0.15, 0.2) is 5.96 Å². The maximum absolute atomic E-state index is 8.79. The predicted molar refractivity (Wildman–Crippen MR) is 63.4 cm³/mol. The van der Waals surface area contributed by atoms with Crippen molar-refractivity contribution in [3.05, 3.63) is 29.3 Å². The number of phenolic OH excluding ortho intramolecular Hbond substituents is 1. The molecule has 0 spiro atoms. The minimum atomic E-state index is -4.67. The molecular formula is C7H12ClN3O5S. The summed E-state index contributed by atoms with van der Waals surface area (Å²) < 4.78 is 31.6. The first-order valence-corrected chi connectivity index (χ1v) is 5.54. The molecule has 0 unspecified atom stereocenters. The summed E-state index contributed by atoms with van der Waals surface area (Å²) in [6, 6.07) is 6.67. The normalized spacial score (nSPS) is 9.12. The van der Waals surface area contributed by atoms with Crippen molar-refractivity contribution >= 4 is 28.0 Å². The Morgan fingerprint density at radius 2 is 1.53 bits per heavy atom. The number of guanidine groups is 1. The first-order valence-electron chi connectivity index (χ1n) is 3.77. The van der Waals surface area contributed by atoms with Crippen molar-refractivity contribution in [2.45, 2.75) is 0 Å². The van der Waals surface area contributed by atoms with Crippen LogP contribution < -0.4 is 11.5 Å². The molecule has 0 saturated carbocycles. The van der Waals surface area contributed by atoms with E-state index < -0.39 is 10.4 Å². The number of halogens is 1. The molecule has 0 saturated heterocycles. The van der Waals surface area contributed by atoms with Crippen molar-refractivity contribution in [1.29, 1.82) is 5.41 Å². The lowest BCUT2D eigenvalue weighted by Crippen LogP contribution is -2.20. The molecule has 1 aromatic rings. The SMILES string of the molecule is N=C(N)N.O=S(=O)(O)O.Oc1ccccc1Cl. The number of rotatable bonds is 0. The van der Waals surface area contributed by atoms with Crippen LogP contribution >= 0.6 is 11.6 Å². The zero-order chi connectivity index (χ0) is 14.1. The molecule has 0 bridgehead atoms. The van der Waals surface area contributed by atoms with E-state index in [-0.39, 0.29) is 11.7 Å². The van der Waals surface area contributed by atoms with Crippen LogP contribution in [0.25, 0.3) is 0 Å². The third kappa shape index (κ3) is 25.1. The number of nitrogens with two attached hydrogens (primary N) is 2. The van der Waals surface area contributed by atoms with Gasteiger partial charge in [0.1, 0.15) is 5.75 Å². The second kappa shape index (κ2) is 8.58. The van der Waals surface area contributed by atoms with Gasteiger partial charge in [0.25, 0.3) is 0 Å². The standard InChI is InChI=1S/C6H5ClO.CH5N3.H2O4S/c7-5-3-1-2-4-6(5)8;2-1(3)4;1-5(2,3)4/h1-4,8H;(H5,2,3,4);(H2,1,2,3,4). The molecule has 0 amide bonds. The molecule has 98 valence electrons. The van der Waals surface area contributed by atoms with Crippen LogP contribution in [-0.4, -0.2) is 28.6 Å². The Kier molecular flexibility index (Phi) is 9.01. The third-order valence-electron chi connectivity index (χ3n) is 0.852. The summed E-state index contributed by atoms with van der Waals surface area (Å²) in [4.78, 5) is 0. The summed E-state index contributed by atoms with van der Waals surface area (Å²) in [5.74, 6) is -0.200. The van der Waals surface area contributed by atoms with Gasteiger partial charge in [-0.05, 0) is 12.1 Å². The van der Waals surface area contributed by atoms with Gasteiger partial charge < -0.3 is 16.6 Å². The zero-order valence-corrected chi connectivity index (χ0v) is 9.98. The van der Waals surface area contributed by atoms with E-state index in [9.17, 15) is 0 Å². The van der Waals surface area contributed by atoms with Gasteiger partial charge in [-0.2, -0.15) is 8.42 Å². The topological polar surface area (TPSA) is 171 Å². The van der Waals surface area contributed by atoms with Crippen molar-refractivity contribution in [3.8, 4) is 5.75 Å². The third-order valence-corrected chi connectivity index (χ3v) is 1.17. The van der Waals surface area contributed by atoms with Crippen molar-refractivity contribution < 1.29 is 22.6 Å². The minimum absolute atomic E-state index is 0.133. The quantitative estimate of drug-likeness (QED) is 0.225. The highest BCUT2D eigenvalue weighted by Gasteiger charge is 1.89. The molecule has 8 N–H and O–H groups in total. The lowest BCUT2D eigenvalue weighted by molar-refractivity contribution is 0.381. The molecule has 0 atom stereocenters. The van der Waals surface area contributed by atoms with Crippen LogP contribution in [0.3, 0.4) is 0 Å². The first kappa shape index (κ1) is 17.8. The van der Waals surface area contributed by atoms with Gasteiger partial charge in [0, 0.05) is 0 Å². The Labute approximate surface area is 103 Å². The summed E-state index contributed by atoms with van der Waals surface area (Å²) in [5.41, 5.74) is 8.94. The largest absolute Gasteiger partial charge is 0.506 e. The Bertz CT molecular complexity index is 418. The molecule has 1 aromatic carbocycles. The summed E-state index contributed by atoms with van der Waals surface area (Å²) in [6.07, 6.45) is 0. The monoisotopic (exact) mass is 285 g/mol. The van der Waals surface area contributed by atoms with Gasteiger partial charge in [-0.15, -0.1) is 0 Å². The average Bonchev–Trinajstić information content (AvgIpc) is 2.06. The average molecular weight is 286 g/mol. The molecule has 0 aromatic heterocycles. The predicted octanol–water partition coefficient (Wildman–Crippen LogP) is 0.231. The maximum atomic E-state index is 8.79. The molecule has 0 aliphatic heterocycles. The van der Waals surface area contributed by atoms with Crippen molar-refractivity contribution in [1.82, 2.24) is 0 Å². The number of para-hydroxylation sites is 1. The van der Waals surface area contributed by atoms with E-state index in [0.29, 0.717) is 5.02 Å². The number of hydrogen-bond acceptors (Lipinski definition) is 4. The van der Waals surface area contributed by atoms with E-state index in [1.807, 2.05) is 0 Å². The molecule has 0 aliphatic carbocycles. The second-order valence-corrected chi connectivity index (χ2v) is 3.66. The van der Waals surface area contributed by atoms with Crippen molar-refractivity contribution in [2.24, 2.45) is 11.5 Å². The highest BCUT2D eigenvalue weighted by molar-refractivity contribution is 7.79. The van der Waals surface area contributed by atoms with Crippen LogP contribution in [-0.2, 0) is 10.4 Å². The van der Waals surface area contributed by atoms with Gasteiger partial charge in [-0.25, -0.2) is 0 Å². The molecule has 0 radical (unpaired) electrons. The summed E-state index contributed by atoms with van der Waals surface area (Å²) in [6.45, 7) is 0. The zero-order valence-electron chi connectivity index (χ0n) is 8.41. The highest BCUT2D eigenvalue weighted by Crippen LogP contribution is 2.20. The Morgan fingerprint density at radius 3 is 1.71 bits per heavy atom. The molecule has 8 nitrogen and oxygen atoms in total. The molecule has 0 heterocycles. The van der Waals surface area contributed by atoms with Crippen LogP contribution in [0.15, 0.2) is 24.3 Å². The van der Waals surface area contributed by atoms with Crippen molar-refractivity contribution in [3.63, 3.8) is 0 Å². The van der Waals surface area contributed by atoms with Crippen LogP contribution in [0.4, 0.5) is 0 Å². The first-order chi connectivity index (χ1) is 7.54. The van der Waals surface area contributed by atoms with Gasteiger partial charge >= 0.3 is 10.4 Å². The van der Waals surface area contributed by atoms with Crippen LogP contribution in [0.5, 0.6) is 5.75 Å². The summed E-state index contributed by atoms with van der Waals surface area (Å²) in [7, 11) is -4.67. The number of phenols is 1. The fourth-order valence-corrected chi connectivity index (χ4v) is 0.587. The molecule has 0 fully saturated rings. The van der Waals surface area contributed by atoms with E-state index >= 15 is 0 Å². The van der Waals surface area contributed by atoms with E-state index in [1.165, 1.54) is 0 Å². The summed E-state index contributed by atoms with van der Waals surface area (Å²) in [5, 5.41) is 15.2. The number of aromatic hydroxyl groups is 1. The van der Waals surface area contributed by atoms with Crippen LogP contribution in [0.2, 0.25) is 5.02 Å². The second-order valence-electron chi connectivity index (χ2n) is 2.35. The van der Waals surface area contributed by atoms with Gasteiger partial charge in [0.05, 0.1) is 5.02 Å². The van der Waals surface area contributed by atoms with Crippen molar-refractivity contribution in [2.75, 3.05) is 0 Å². The lowest BCUT2D eigenvalue weighted by Gasteiger charge is -1.89. The smallest absolute Gasteiger partial charge is 0.394 e. The van der Waals surface area contributed by atoms with E-state index in [4.69, 9.17) is 39.6 Å². The fourth-order valence-electron chi connectivity index (χ4n) is 0.452. The van der Waals surface area contributed by atoms with Gasteiger partial charge in [-0.3, -0.25) is 14.5 Å². The van der Waals surface area contributed by atoms with Gasteiger partial charge in [0.2, 0.25) is 0 Å². The minimum Gasteiger partial charge on any atom is -0.506 e. The Hall–Kier alpha value is -1.55. The Morgan fingerprint density at radius 1 is 1.24 bits per heavy atom. The molecule has 17 heavy (non-hydrogen) atoms. The summed E-state index contributed by atoms with van der Waals surface area (Å²) >= 11 is 5.46. The van der Waals surface area contributed by atoms with Crippen LogP contribution in [0, 0.1) is 5.41 Å². The fraction of sp³-hybridized carbons (Fsp3) is 0. The van der Waals surface area contributed by atoms with E-state index in [0.717, 1.165) is 0 Å². The lowest BCUT2D eigenvalue weighted by atomic mass is 10.3. The highest BCUT2D eigenvalue weighted by atomic mass is 35.5. The Balaban J connectivity index is 0. The molecule has 10 heteroatoms. The van der Waals surface area contributed by atoms with E-state index in [1.54, 1.807) is 24.3 Å². The van der Waals surface area contributed by atoms with Crippen LogP contribution in [0.1, 0.15) is 0 Å². The number of nitrogens with one attached hydrogen (secondary N) is 1. The molecule has 0 aliphatic rings. The molecule has 1 rings (SSSR count). The number of benzene rings is 1. The van der Waals surface area contributed by atoms with E-state index in [2.05, 4.69) is 11.5 Å². The number of hydrogen-bond donors (Lipinski definition) is 6. The maximum Gasteiger partial charge on any atom is 0.394 e. The molecular weight excluding hydrogens is 274 g/mol. The van der Waals surface area contributed by atoms with Gasteiger partial charge in [-0.1, -0.05) is 23.7 Å².